The lowest BCUT2D eigenvalue weighted by molar-refractivity contribution is -0.137. The molecule has 1 rings (SSSR count). The number of aliphatic carboxylic acids is 1. The van der Waals surface area contributed by atoms with Crippen molar-refractivity contribution in [2.24, 2.45) is 0 Å². The van der Waals surface area contributed by atoms with Gasteiger partial charge in [-0.05, 0) is 27.3 Å². The fraction of sp³-hybridized carbons (Fsp3) is 0.833. The summed E-state index contributed by atoms with van der Waals surface area (Å²) in [7, 11) is 2.05. The van der Waals surface area contributed by atoms with Crippen molar-refractivity contribution in [3.8, 4) is 0 Å². The number of rotatable bonds is 4. The van der Waals surface area contributed by atoms with Crippen LogP contribution in [0.3, 0.4) is 0 Å². The van der Waals surface area contributed by atoms with Gasteiger partial charge in [0.05, 0.1) is 0 Å². The van der Waals surface area contributed by atoms with E-state index < -0.39 is 5.97 Å². The van der Waals surface area contributed by atoms with Gasteiger partial charge in [0.2, 0.25) is 0 Å². The number of urea groups is 1. The summed E-state index contributed by atoms with van der Waals surface area (Å²) in [6, 6.07) is 0.162. The Morgan fingerprint density at radius 2 is 2.11 bits per heavy atom. The highest BCUT2D eigenvalue weighted by atomic mass is 16.4. The predicted molar refractivity (Wildman–Crippen MR) is 68.5 cm³/mol. The van der Waals surface area contributed by atoms with Gasteiger partial charge in [-0.15, -0.1) is 0 Å². The molecular weight excluding hydrogens is 234 g/mol. The van der Waals surface area contributed by atoms with E-state index in [1.807, 2.05) is 6.92 Å². The largest absolute Gasteiger partial charge is 0.481 e. The molecule has 0 aromatic rings. The molecule has 0 aliphatic carbocycles. The zero-order valence-corrected chi connectivity index (χ0v) is 11.3. The quantitative estimate of drug-likeness (QED) is 0.773. The minimum absolute atomic E-state index is 0.0839. The molecule has 18 heavy (non-hydrogen) atoms. The van der Waals surface area contributed by atoms with E-state index in [4.69, 9.17) is 5.11 Å². The van der Waals surface area contributed by atoms with Crippen molar-refractivity contribution >= 4 is 12.0 Å². The summed E-state index contributed by atoms with van der Waals surface area (Å²) < 4.78 is 0. The van der Waals surface area contributed by atoms with Gasteiger partial charge in [0.1, 0.15) is 0 Å². The molecule has 2 N–H and O–H groups in total. The van der Waals surface area contributed by atoms with Crippen LogP contribution < -0.4 is 5.32 Å². The monoisotopic (exact) mass is 257 g/mol. The highest BCUT2D eigenvalue weighted by Gasteiger charge is 2.24. The fourth-order valence-electron chi connectivity index (χ4n) is 1.95. The van der Waals surface area contributed by atoms with Gasteiger partial charge in [0, 0.05) is 38.1 Å². The first-order chi connectivity index (χ1) is 8.40. The molecule has 1 heterocycles. The molecule has 2 unspecified atom stereocenters. The fourth-order valence-corrected chi connectivity index (χ4v) is 1.95. The smallest absolute Gasteiger partial charge is 0.317 e. The normalized spacial score (nSPS) is 22.6. The van der Waals surface area contributed by atoms with Crippen molar-refractivity contribution in [2.75, 3.05) is 26.7 Å². The molecule has 104 valence electrons. The third-order valence-corrected chi connectivity index (χ3v) is 3.41. The van der Waals surface area contributed by atoms with Crippen LogP contribution in [0.1, 0.15) is 26.7 Å². The number of carbonyl (C=O) groups excluding carboxylic acids is 1. The Balaban J connectivity index is 2.34. The summed E-state index contributed by atoms with van der Waals surface area (Å²) in [5.74, 6) is -0.829. The molecule has 1 saturated heterocycles. The topological polar surface area (TPSA) is 72.9 Å². The Kier molecular flexibility index (Phi) is 5.40. The SMILES string of the molecule is CC(CCC(=O)O)NC(=O)N1CCN(C)C(C)C1. The lowest BCUT2D eigenvalue weighted by Gasteiger charge is -2.38. The van der Waals surface area contributed by atoms with Crippen LogP contribution in [0.4, 0.5) is 4.79 Å². The molecule has 1 fully saturated rings. The standard InChI is InChI=1S/C12H23N3O3/c1-9(4-5-11(16)17)13-12(18)15-7-6-14(3)10(2)8-15/h9-10H,4-8H2,1-3H3,(H,13,18)(H,16,17). The first-order valence-corrected chi connectivity index (χ1v) is 6.37. The molecule has 0 radical (unpaired) electrons. The minimum Gasteiger partial charge on any atom is -0.481 e. The third kappa shape index (κ3) is 4.52. The zero-order chi connectivity index (χ0) is 13.7. The number of carboxylic acids is 1. The van der Waals surface area contributed by atoms with Crippen molar-refractivity contribution in [3.05, 3.63) is 0 Å². The number of nitrogens with one attached hydrogen (secondary N) is 1. The van der Waals surface area contributed by atoms with E-state index in [1.165, 1.54) is 0 Å². The van der Waals surface area contributed by atoms with Crippen LogP contribution in [0.25, 0.3) is 0 Å². The van der Waals surface area contributed by atoms with Crippen molar-refractivity contribution in [1.82, 2.24) is 15.1 Å². The average Bonchev–Trinajstić information content (AvgIpc) is 2.30. The highest BCUT2D eigenvalue weighted by molar-refractivity contribution is 5.74. The molecule has 6 heteroatoms. The number of likely N-dealkylation sites (N-methyl/N-ethyl adjacent to an activating group) is 1. The van der Waals surface area contributed by atoms with Crippen LogP contribution in [0, 0.1) is 0 Å². The summed E-state index contributed by atoms with van der Waals surface area (Å²) in [5.41, 5.74) is 0. The number of hydrogen-bond donors (Lipinski definition) is 2. The van der Waals surface area contributed by atoms with Crippen molar-refractivity contribution in [2.45, 2.75) is 38.8 Å². The summed E-state index contributed by atoms with van der Waals surface area (Å²) in [6.07, 6.45) is 0.547. The highest BCUT2D eigenvalue weighted by Crippen LogP contribution is 2.07. The van der Waals surface area contributed by atoms with E-state index in [-0.39, 0.29) is 18.5 Å². The summed E-state index contributed by atoms with van der Waals surface area (Å²) in [6.45, 7) is 6.23. The van der Waals surface area contributed by atoms with Gasteiger partial charge < -0.3 is 20.2 Å². The Bertz CT molecular complexity index is 309. The van der Waals surface area contributed by atoms with Crippen LogP contribution in [0.2, 0.25) is 0 Å². The third-order valence-electron chi connectivity index (χ3n) is 3.41. The lowest BCUT2D eigenvalue weighted by Crippen LogP contribution is -2.55. The first kappa shape index (κ1) is 14.8. The minimum atomic E-state index is -0.829. The van der Waals surface area contributed by atoms with Gasteiger partial charge in [-0.2, -0.15) is 0 Å². The van der Waals surface area contributed by atoms with E-state index in [9.17, 15) is 9.59 Å². The number of piperazine rings is 1. The number of amides is 2. The second kappa shape index (κ2) is 6.58. The lowest BCUT2D eigenvalue weighted by atomic mass is 10.2. The van der Waals surface area contributed by atoms with Crippen LogP contribution >= 0.6 is 0 Å². The second-order valence-electron chi connectivity index (χ2n) is 5.06. The van der Waals surface area contributed by atoms with Gasteiger partial charge in [0.25, 0.3) is 0 Å². The molecule has 0 aromatic heterocycles. The van der Waals surface area contributed by atoms with Crippen molar-refractivity contribution < 1.29 is 14.7 Å². The molecule has 0 spiro atoms. The van der Waals surface area contributed by atoms with E-state index in [1.54, 1.807) is 4.90 Å². The Hall–Kier alpha value is -1.30. The predicted octanol–water partition coefficient (Wildman–Crippen LogP) is 0.585. The molecular formula is C12H23N3O3. The maximum Gasteiger partial charge on any atom is 0.317 e. The molecule has 0 saturated carbocycles. The van der Waals surface area contributed by atoms with Crippen molar-refractivity contribution in [3.63, 3.8) is 0 Å². The molecule has 1 aliphatic heterocycles. The van der Waals surface area contributed by atoms with Crippen LogP contribution in [-0.2, 0) is 4.79 Å². The van der Waals surface area contributed by atoms with Crippen LogP contribution in [0.5, 0.6) is 0 Å². The van der Waals surface area contributed by atoms with Crippen molar-refractivity contribution in [1.29, 1.82) is 0 Å². The van der Waals surface area contributed by atoms with Gasteiger partial charge in [0.15, 0.2) is 0 Å². The van der Waals surface area contributed by atoms with Gasteiger partial charge in [-0.1, -0.05) is 0 Å². The Labute approximate surface area is 108 Å². The first-order valence-electron chi connectivity index (χ1n) is 6.37. The number of hydrogen-bond acceptors (Lipinski definition) is 3. The number of carboxylic acid groups (broad SMARTS) is 1. The van der Waals surface area contributed by atoms with Gasteiger partial charge >= 0.3 is 12.0 Å². The zero-order valence-electron chi connectivity index (χ0n) is 11.3. The average molecular weight is 257 g/mol. The summed E-state index contributed by atoms with van der Waals surface area (Å²) in [5, 5.41) is 11.4. The molecule has 1 aliphatic rings. The summed E-state index contributed by atoms with van der Waals surface area (Å²) in [4.78, 5) is 26.4. The van der Waals surface area contributed by atoms with Gasteiger partial charge in [-0.25, -0.2) is 4.79 Å². The number of carbonyl (C=O) groups is 2. The van der Waals surface area contributed by atoms with E-state index in [2.05, 4.69) is 24.2 Å². The summed E-state index contributed by atoms with van der Waals surface area (Å²) >= 11 is 0. The van der Waals surface area contributed by atoms with Gasteiger partial charge in [-0.3, -0.25) is 4.79 Å². The molecule has 2 amide bonds. The van der Waals surface area contributed by atoms with Crippen LogP contribution in [-0.4, -0.2) is 65.7 Å². The Morgan fingerprint density at radius 1 is 1.44 bits per heavy atom. The molecule has 0 aromatic carbocycles. The second-order valence-corrected chi connectivity index (χ2v) is 5.06. The maximum absolute atomic E-state index is 12.0. The molecule has 6 nitrogen and oxygen atoms in total. The van der Waals surface area contributed by atoms with Crippen LogP contribution in [0.15, 0.2) is 0 Å². The maximum atomic E-state index is 12.0. The molecule has 0 bridgehead atoms. The van der Waals surface area contributed by atoms with E-state index >= 15 is 0 Å². The Morgan fingerprint density at radius 3 is 2.67 bits per heavy atom. The van der Waals surface area contributed by atoms with E-state index in [0.717, 1.165) is 13.1 Å². The van der Waals surface area contributed by atoms with E-state index in [0.29, 0.717) is 19.0 Å². The number of nitrogens with zero attached hydrogens (tertiary/aromatic N) is 2. The molecule has 2 atom stereocenters.